The average molecular weight is 223 g/mol. The van der Waals surface area contributed by atoms with E-state index in [1.807, 2.05) is 0 Å². The van der Waals surface area contributed by atoms with Crippen LogP contribution in [0.25, 0.3) is 0 Å². The van der Waals surface area contributed by atoms with Gasteiger partial charge in [0.05, 0.1) is 0 Å². The second kappa shape index (κ2) is 8.72. The van der Waals surface area contributed by atoms with Gasteiger partial charge in [0, 0.05) is 5.75 Å². The van der Waals surface area contributed by atoms with Crippen molar-refractivity contribution in [2.24, 2.45) is 0 Å². The Hall–Kier alpha value is 0.130. The number of rotatable bonds is 8. The van der Waals surface area contributed by atoms with Crippen LogP contribution < -0.4 is 5.32 Å². The smallest absolute Gasteiger partial charge is 0.321 e. The molecule has 0 unspecified atom stereocenters. The molecule has 0 heterocycles. The third-order valence-corrected chi connectivity index (χ3v) is 2.39. The third-order valence-electron chi connectivity index (χ3n) is 1.71. The molecule has 0 aliphatic heterocycles. The summed E-state index contributed by atoms with van der Waals surface area (Å²) in [5.41, 5.74) is 0. The highest BCUT2D eigenvalue weighted by atomic mass is 32.1. The molecular weight excluding hydrogens is 206 g/mol. The lowest BCUT2D eigenvalue weighted by atomic mass is 10.2. The Balaban J connectivity index is 3.33. The molecule has 13 heavy (non-hydrogen) atoms. The van der Waals surface area contributed by atoms with E-state index in [0.29, 0.717) is 5.75 Å². The standard InChI is InChI=1S/C8H17NO2S2/c10-8(11)7(6-13)9-4-2-1-3-5-12/h7,9,12-13H,1-6H2,(H,10,11)/t7-/m0/s1. The maximum Gasteiger partial charge on any atom is 0.321 e. The van der Waals surface area contributed by atoms with E-state index in [0.717, 1.165) is 31.6 Å². The van der Waals surface area contributed by atoms with E-state index >= 15 is 0 Å². The predicted molar refractivity (Wildman–Crippen MR) is 61.0 cm³/mol. The summed E-state index contributed by atoms with van der Waals surface area (Å²) in [6, 6.07) is -0.515. The monoisotopic (exact) mass is 223 g/mol. The Bertz CT molecular complexity index is 144. The second-order valence-corrected chi connectivity index (χ2v) is 3.62. The summed E-state index contributed by atoms with van der Waals surface area (Å²) >= 11 is 8.03. The number of unbranched alkanes of at least 4 members (excludes halogenated alkanes) is 2. The van der Waals surface area contributed by atoms with Gasteiger partial charge in [-0.05, 0) is 25.1 Å². The first-order chi connectivity index (χ1) is 6.22. The zero-order valence-corrected chi connectivity index (χ0v) is 9.36. The van der Waals surface area contributed by atoms with Crippen LogP contribution >= 0.6 is 25.3 Å². The first-order valence-electron chi connectivity index (χ1n) is 4.40. The normalized spacial score (nSPS) is 12.8. The Morgan fingerprint density at radius 3 is 2.46 bits per heavy atom. The van der Waals surface area contributed by atoms with Crippen LogP contribution in [0, 0.1) is 0 Å². The number of carbonyl (C=O) groups is 1. The molecule has 0 fully saturated rings. The predicted octanol–water partition coefficient (Wildman–Crippen LogP) is 1.06. The van der Waals surface area contributed by atoms with Crippen molar-refractivity contribution in [1.82, 2.24) is 5.32 Å². The summed E-state index contributed by atoms with van der Waals surface area (Å²) in [5, 5.41) is 11.6. The van der Waals surface area contributed by atoms with Crippen molar-refractivity contribution < 1.29 is 9.90 Å². The summed E-state index contributed by atoms with van der Waals surface area (Å²) in [5.74, 6) is 0.404. The summed E-state index contributed by atoms with van der Waals surface area (Å²) in [6.07, 6.45) is 3.18. The maximum atomic E-state index is 10.5. The molecule has 78 valence electrons. The summed E-state index contributed by atoms with van der Waals surface area (Å²) in [7, 11) is 0. The SMILES string of the molecule is O=C(O)[C@H](CS)NCCCCCS. The number of nitrogens with one attached hydrogen (secondary N) is 1. The van der Waals surface area contributed by atoms with Crippen molar-refractivity contribution in [1.29, 1.82) is 0 Å². The zero-order valence-electron chi connectivity index (χ0n) is 7.57. The van der Waals surface area contributed by atoms with Gasteiger partial charge in [-0.3, -0.25) is 4.79 Å². The van der Waals surface area contributed by atoms with Gasteiger partial charge >= 0.3 is 5.97 Å². The molecule has 0 spiro atoms. The fourth-order valence-electron chi connectivity index (χ4n) is 0.920. The minimum absolute atomic E-state index is 0.335. The Labute approximate surface area is 90.1 Å². The first-order valence-corrected chi connectivity index (χ1v) is 5.66. The van der Waals surface area contributed by atoms with Crippen LogP contribution in [-0.2, 0) is 4.79 Å². The lowest BCUT2D eigenvalue weighted by Gasteiger charge is -2.10. The average Bonchev–Trinajstić information content (AvgIpc) is 2.10. The fourth-order valence-corrected chi connectivity index (χ4v) is 1.43. The Kier molecular flexibility index (Phi) is 8.80. The summed E-state index contributed by atoms with van der Waals surface area (Å²) in [6.45, 7) is 0.741. The van der Waals surface area contributed by atoms with Crippen molar-refractivity contribution >= 4 is 31.2 Å². The number of hydrogen-bond acceptors (Lipinski definition) is 4. The highest BCUT2D eigenvalue weighted by molar-refractivity contribution is 7.80. The van der Waals surface area contributed by atoms with Gasteiger partial charge in [-0.1, -0.05) is 6.42 Å². The molecule has 0 saturated carbocycles. The van der Waals surface area contributed by atoms with Crippen molar-refractivity contribution in [3.63, 3.8) is 0 Å². The van der Waals surface area contributed by atoms with Crippen LogP contribution in [-0.4, -0.2) is 35.2 Å². The molecule has 0 bridgehead atoms. The van der Waals surface area contributed by atoms with E-state index in [9.17, 15) is 4.79 Å². The van der Waals surface area contributed by atoms with Crippen LogP contribution in [0.4, 0.5) is 0 Å². The van der Waals surface area contributed by atoms with E-state index in [1.165, 1.54) is 0 Å². The van der Waals surface area contributed by atoms with E-state index in [4.69, 9.17) is 5.11 Å². The van der Waals surface area contributed by atoms with E-state index in [1.54, 1.807) is 0 Å². The van der Waals surface area contributed by atoms with Gasteiger partial charge in [0.1, 0.15) is 6.04 Å². The molecule has 0 saturated heterocycles. The fraction of sp³-hybridized carbons (Fsp3) is 0.875. The van der Waals surface area contributed by atoms with Gasteiger partial charge in [-0.2, -0.15) is 25.3 Å². The Morgan fingerprint density at radius 2 is 2.00 bits per heavy atom. The summed E-state index contributed by atoms with van der Waals surface area (Å²) in [4.78, 5) is 10.5. The number of carboxylic acids is 1. The highest BCUT2D eigenvalue weighted by Crippen LogP contribution is 1.96. The number of thiol groups is 2. The molecular formula is C8H17NO2S2. The molecule has 0 aliphatic carbocycles. The lowest BCUT2D eigenvalue weighted by molar-refractivity contribution is -0.138. The van der Waals surface area contributed by atoms with Crippen LogP contribution in [0.2, 0.25) is 0 Å². The molecule has 5 heteroatoms. The summed E-state index contributed by atoms with van der Waals surface area (Å²) < 4.78 is 0. The number of carboxylic acid groups (broad SMARTS) is 1. The first kappa shape index (κ1) is 13.1. The minimum Gasteiger partial charge on any atom is -0.480 e. The minimum atomic E-state index is -0.829. The molecule has 0 aliphatic rings. The second-order valence-electron chi connectivity index (χ2n) is 2.81. The van der Waals surface area contributed by atoms with Gasteiger partial charge in [0.25, 0.3) is 0 Å². The highest BCUT2D eigenvalue weighted by Gasteiger charge is 2.13. The van der Waals surface area contributed by atoms with Gasteiger partial charge in [0.15, 0.2) is 0 Å². The quantitative estimate of drug-likeness (QED) is 0.368. The maximum absolute atomic E-state index is 10.5. The van der Waals surface area contributed by atoms with Crippen LogP contribution in [0.3, 0.4) is 0 Å². The molecule has 0 radical (unpaired) electrons. The van der Waals surface area contributed by atoms with E-state index in [2.05, 4.69) is 30.6 Å². The van der Waals surface area contributed by atoms with Crippen LogP contribution in [0.1, 0.15) is 19.3 Å². The topological polar surface area (TPSA) is 49.3 Å². The van der Waals surface area contributed by atoms with E-state index in [-0.39, 0.29) is 0 Å². The molecule has 0 aromatic rings. The largest absolute Gasteiger partial charge is 0.480 e. The van der Waals surface area contributed by atoms with Gasteiger partial charge in [-0.15, -0.1) is 0 Å². The molecule has 2 N–H and O–H groups in total. The molecule has 3 nitrogen and oxygen atoms in total. The van der Waals surface area contributed by atoms with Crippen LogP contribution in [0.5, 0.6) is 0 Å². The number of aliphatic carboxylic acids is 1. The van der Waals surface area contributed by atoms with Crippen molar-refractivity contribution in [2.45, 2.75) is 25.3 Å². The third kappa shape index (κ3) is 7.22. The molecule has 1 atom stereocenters. The van der Waals surface area contributed by atoms with Gasteiger partial charge in [0.2, 0.25) is 0 Å². The van der Waals surface area contributed by atoms with Crippen molar-refractivity contribution in [2.75, 3.05) is 18.1 Å². The number of hydrogen-bond donors (Lipinski definition) is 4. The zero-order chi connectivity index (χ0) is 10.1. The van der Waals surface area contributed by atoms with Gasteiger partial charge < -0.3 is 10.4 Å². The molecule has 0 rings (SSSR count). The van der Waals surface area contributed by atoms with E-state index < -0.39 is 12.0 Å². The van der Waals surface area contributed by atoms with Gasteiger partial charge in [-0.25, -0.2) is 0 Å². The van der Waals surface area contributed by atoms with Crippen molar-refractivity contribution in [3.05, 3.63) is 0 Å². The lowest BCUT2D eigenvalue weighted by Crippen LogP contribution is -2.38. The van der Waals surface area contributed by atoms with Crippen LogP contribution in [0.15, 0.2) is 0 Å². The molecule has 0 amide bonds. The van der Waals surface area contributed by atoms with Crippen molar-refractivity contribution in [3.8, 4) is 0 Å². The Morgan fingerprint density at radius 1 is 1.31 bits per heavy atom. The molecule has 0 aromatic heterocycles. The molecule has 0 aromatic carbocycles.